The van der Waals surface area contributed by atoms with E-state index in [0.717, 1.165) is 61.2 Å². The summed E-state index contributed by atoms with van der Waals surface area (Å²) in [5, 5.41) is 3.23. The molecule has 6 rings (SSSR count). The molecule has 1 aliphatic heterocycles. The summed E-state index contributed by atoms with van der Waals surface area (Å²) in [6.45, 7) is 19.9. The van der Waals surface area contributed by atoms with E-state index in [9.17, 15) is 9.00 Å². The number of hydrogen-bond acceptors (Lipinski definition) is 6. The molecule has 2 fully saturated rings. The van der Waals surface area contributed by atoms with Crippen molar-refractivity contribution in [3.8, 4) is 17.1 Å². The molecule has 4 aromatic rings. The van der Waals surface area contributed by atoms with Crippen molar-refractivity contribution in [1.82, 2.24) is 14.6 Å². The van der Waals surface area contributed by atoms with Crippen molar-refractivity contribution >= 4 is 39.9 Å². The lowest BCUT2D eigenvalue weighted by Gasteiger charge is -2.37. The summed E-state index contributed by atoms with van der Waals surface area (Å²) in [7, 11) is 0. The minimum atomic E-state index is -1.86. The van der Waals surface area contributed by atoms with Crippen LogP contribution >= 0.6 is 0 Å². The summed E-state index contributed by atoms with van der Waals surface area (Å²) >= 11 is -1.86. The van der Waals surface area contributed by atoms with Crippen molar-refractivity contribution < 1.29 is 17.9 Å². The lowest BCUT2D eigenvalue weighted by Crippen LogP contribution is -2.37. The van der Waals surface area contributed by atoms with Crippen LogP contribution < -0.4 is 13.8 Å². The second-order valence-electron chi connectivity index (χ2n) is 13.1. The van der Waals surface area contributed by atoms with E-state index in [2.05, 4.69) is 40.3 Å². The maximum atomic E-state index is 13.6. The van der Waals surface area contributed by atoms with Crippen molar-refractivity contribution in [1.29, 1.82) is 0 Å². The molecule has 10 nitrogen and oxygen atoms in total. The number of esters is 1. The van der Waals surface area contributed by atoms with Crippen LogP contribution in [0, 0.1) is 38.2 Å². The third kappa shape index (κ3) is 6.49. The number of rotatable bonds is 8. The number of benzene rings is 2. The molecule has 242 valence electrons. The number of fused-ring (bicyclic) bond motifs is 1. The molecule has 46 heavy (non-hydrogen) atoms. The largest absolute Gasteiger partial charge is 0.459 e. The van der Waals surface area contributed by atoms with Gasteiger partial charge in [0.25, 0.3) is 0 Å². The Morgan fingerprint density at radius 3 is 2.52 bits per heavy atom. The summed E-state index contributed by atoms with van der Waals surface area (Å²) in [4.78, 5) is 24.3. The van der Waals surface area contributed by atoms with Gasteiger partial charge < -0.3 is 13.8 Å². The minimum Gasteiger partial charge on any atom is -0.459 e. The minimum absolute atomic E-state index is 0.168. The van der Waals surface area contributed by atoms with E-state index in [4.69, 9.17) is 20.5 Å². The molecule has 0 bridgehead atoms. The van der Waals surface area contributed by atoms with Crippen molar-refractivity contribution in [2.24, 2.45) is 17.8 Å². The Labute approximate surface area is 273 Å². The maximum absolute atomic E-state index is 13.6. The van der Waals surface area contributed by atoms with Gasteiger partial charge in [0.2, 0.25) is 5.69 Å². The normalized spacial score (nSPS) is 22.3. The summed E-state index contributed by atoms with van der Waals surface area (Å²) in [5.41, 5.74) is 4.93. The number of carbonyl (C=O) groups is 1. The second-order valence-corrected chi connectivity index (χ2v) is 14.0. The Morgan fingerprint density at radius 2 is 1.80 bits per heavy atom. The molecule has 0 amide bonds. The second kappa shape index (κ2) is 13.2. The monoisotopic (exact) mass is 642 g/mol. The van der Waals surface area contributed by atoms with Crippen LogP contribution in [0.3, 0.4) is 0 Å². The zero-order chi connectivity index (χ0) is 32.5. The third-order valence-electron chi connectivity index (χ3n) is 9.31. The fourth-order valence-electron chi connectivity index (χ4n) is 7.11. The molecule has 2 aromatic carbocycles. The molecular formula is C35H42N6O4S. The van der Waals surface area contributed by atoms with E-state index in [1.807, 2.05) is 50.2 Å². The first kappa shape index (κ1) is 31.7. The van der Waals surface area contributed by atoms with E-state index < -0.39 is 17.2 Å². The zero-order valence-corrected chi connectivity index (χ0v) is 27.9. The number of piperidine rings is 1. The topological polar surface area (TPSA) is 105 Å². The first-order valence-electron chi connectivity index (χ1n) is 16.1. The highest BCUT2D eigenvalue weighted by atomic mass is 32.2. The Morgan fingerprint density at radius 1 is 1.07 bits per heavy atom. The predicted molar refractivity (Wildman–Crippen MR) is 182 cm³/mol. The molecule has 3 unspecified atom stereocenters. The van der Waals surface area contributed by atoms with Gasteiger partial charge in [0, 0.05) is 24.8 Å². The number of ether oxygens (including phenoxy) is 1. The zero-order valence-electron chi connectivity index (χ0n) is 27.1. The molecule has 2 aliphatic rings. The Hall–Kier alpha value is -4.30. The molecule has 3 atom stereocenters. The Balaban J connectivity index is 1.31. The van der Waals surface area contributed by atoms with Crippen LogP contribution in [0.25, 0.3) is 21.9 Å². The van der Waals surface area contributed by atoms with Gasteiger partial charge in [-0.2, -0.15) is 4.21 Å². The maximum Gasteiger partial charge on any atom is 0.331 e. The van der Waals surface area contributed by atoms with Gasteiger partial charge in [0.1, 0.15) is 17.4 Å². The fourth-order valence-corrected chi connectivity index (χ4v) is 7.83. The van der Waals surface area contributed by atoms with Crippen molar-refractivity contribution in [2.45, 2.75) is 72.8 Å². The molecule has 0 spiro atoms. The quantitative estimate of drug-likeness (QED) is 0.150. The van der Waals surface area contributed by atoms with Gasteiger partial charge in [-0.3, -0.25) is 14.3 Å². The Bertz CT molecular complexity index is 1810. The standard InChI is InChI=1S/C35H42N6O4S/c1-21-10-11-23(3)30(18-21)45-46(43)39-27-19-26(12-13-29(27)40-14-8-7-9-15-40)33-37-34-31(28(36-6)20-41(34)38-33)35(42)44-32-24(4)16-22(2)17-25(32)5/h10-13,18-20,22,24-25,32,39H,7-9,14-17H2,1-5H3,(H,37,38). The number of aryl methyl sites for hydroxylation is 2. The van der Waals surface area contributed by atoms with Crippen LogP contribution in [0.4, 0.5) is 17.1 Å². The molecule has 1 saturated heterocycles. The van der Waals surface area contributed by atoms with Crippen LogP contribution in [-0.4, -0.2) is 44.0 Å². The number of hydrogen-bond donors (Lipinski definition) is 2. The first-order valence-corrected chi connectivity index (χ1v) is 17.2. The number of nitrogens with one attached hydrogen (secondary N) is 2. The van der Waals surface area contributed by atoms with E-state index in [0.29, 0.717) is 28.8 Å². The summed E-state index contributed by atoms with van der Waals surface area (Å²) in [6, 6.07) is 11.7. The van der Waals surface area contributed by atoms with Gasteiger partial charge in [0.05, 0.1) is 17.9 Å². The number of aromatic nitrogens is 3. The number of anilines is 2. The molecule has 2 N–H and O–H groups in total. The highest BCUT2D eigenvalue weighted by molar-refractivity contribution is 7.82. The smallest absolute Gasteiger partial charge is 0.331 e. The van der Waals surface area contributed by atoms with Gasteiger partial charge >= 0.3 is 17.2 Å². The molecule has 2 aromatic heterocycles. The first-order chi connectivity index (χ1) is 22.1. The Kier molecular flexibility index (Phi) is 9.09. The molecule has 0 radical (unpaired) electrons. The van der Waals surface area contributed by atoms with Crippen molar-refractivity contribution in [3.63, 3.8) is 0 Å². The van der Waals surface area contributed by atoms with Gasteiger partial charge in [-0.25, -0.2) is 14.6 Å². The number of carbonyl (C=O) groups excluding carboxylic acids is 1. The van der Waals surface area contributed by atoms with Crippen molar-refractivity contribution in [2.75, 3.05) is 22.7 Å². The van der Waals surface area contributed by atoms with Crippen LogP contribution in [0.1, 0.15) is 74.4 Å². The van der Waals surface area contributed by atoms with E-state index >= 15 is 0 Å². The fraction of sp³-hybridized carbons (Fsp3) is 0.457. The van der Waals surface area contributed by atoms with Gasteiger partial charge in [-0.05, 0) is 99.1 Å². The average molecular weight is 643 g/mol. The van der Waals surface area contributed by atoms with Gasteiger partial charge in [-0.1, -0.05) is 32.9 Å². The number of nitrogens with zero attached hydrogens (tertiary/aromatic N) is 4. The van der Waals surface area contributed by atoms with Crippen LogP contribution in [0.5, 0.6) is 5.75 Å². The van der Waals surface area contributed by atoms with E-state index in [1.165, 1.54) is 6.42 Å². The molecule has 1 aliphatic carbocycles. The molecular weight excluding hydrogens is 600 g/mol. The van der Waals surface area contributed by atoms with Crippen LogP contribution in [0.15, 0.2) is 42.6 Å². The molecule has 1 saturated carbocycles. The van der Waals surface area contributed by atoms with Crippen molar-refractivity contribution in [3.05, 3.63) is 70.7 Å². The average Bonchev–Trinajstić information content (AvgIpc) is 3.59. The number of H-pyrrole nitrogens is 1. The predicted octanol–water partition coefficient (Wildman–Crippen LogP) is 7.78. The summed E-state index contributed by atoms with van der Waals surface area (Å²) < 4.78 is 29.9. The highest BCUT2D eigenvalue weighted by Crippen LogP contribution is 2.38. The van der Waals surface area contributed by atoms with E-state index in [1.54, 1.807) is 10.7 Å². The van der Waals surface area contributed by atoms with Crippen LogP contribution in [-0.2, 0) is 16.0 Å². The van der Waals surface area contributed by atoms with Gasteiger partial charge in [-0.15, -0.1) is 0 Å². The third-order valence-corrected chi connectivity index (χ3v) is 10.0. The lowest BCUT2D eigenvalue weighted by molar-refractivity contribution is -0.0249. The lowest BCUT2D eigenvalue weighted by atomic mass is 9.75. The SMILES string of the molecule is [C-]#[N+]c1cn2[nH]c(-c3ccc(N4CCCCC4)c(NS(=O)Oc4cc(C)ccc4C)c3)nc2c1C(=O)OC1C(C)CC(C)CC1C. The molecule has 3 heterocycles. The van der Waals surface area contributed by atoms with Gasteiger partial charge in [0.15, 0.2) is 11.5 Å². The summed E-state index contributed by atoms with van der Waals surface area (Å²) in [6.07, 6.45) is 6.74. The van der Waals surface area contributed by atoms with Crippen LogP contribution in [0.2, 0.25) is 0 Å². The van der Waals surface area contributed by atoms with E-state index in [-0.39, 0.29) is 29.2 Å². The number of aromatic amines is 1. The highest BCUT2D eigenvalue weighted by Gasteiger charge is 2.35. The molecule has 11 heteroatoms. The summed E-state index contributed by atoms with van der Waals surface area (Å²) in [5.74, 6) is 1.60.